The van der Waals surface area contributed by atoms with Gasteiger partial charge in [0.05, 0.1) is 0 Å². The average molecular weight is 226 g/mol. The predicted molar refractivity (Wildman–Crippen MR) is 67.3 cm³/mol. The van der Waals surface area contributed by atoms with Gasteiger partial charge in [-0.15, -0.1) is 12.4 Å². The smallest absolute Gasteiger partial charge is 0.0208 e. The van der Waals surface area contributed by atoms with Crippen molar-refractivity contribution in [3.8, 4) is 0 Å². The molecule has 1 aliphatic carbocycles. The lowest BCUT2D eigenvalue weighted by atomic mass is 9.80. The lowest BCUT2D eigenvalue weighted by Crippen LogP contribution is -2.36. The van der Waals surface area contributed by atoms with Crippen LogP contribution in [-0.4, -0.2) is 6.04 Å². The molecule has 1 saturated carbocycles. The molecular weight excluding hydrogens is 206 g/mol. The van der Waals surface area contributed by atoms with Crippen molar-refractivity contribution in [1.29, 1.82) is 0 Å². The molecule has 1 aromatic carbocycles. The second-order valence-electron chi connectivity index (χ2n) is 4.35. The van der Waals surface area contributed by atoms with Crippen molar-refractivity contribution in [3.63, 3.8) is 0 Å². The number of nitrogens with one attached hydrogen (secondary N) is 1. The van der Waals surface area contributed by atoms with Crippen LogP contribution in [0.15, 0.2) is 30.3 Å². The summed E-state index contributed by atoms with van der Waals surface area (Å²) in [5.41, 5.74) is 1.39. The lowest BCUT2D eigenvalue weighted by Gasteiger charge is -2.32. The third-order valence-electron chi connectivity index (χ3n) is 3.33. The summed E-state index contributed by atoms with van der Waals surface area (Å²) in [4.78, 5) is 0. The SMILES string of the molecule is C[C@H](NCc1ccccc1)C1CCC1.Cl. The predicted octanol–water partition coefficient (Wildman–Crippen LogP) is 3.39. The second-order valence-corrected chi connectivity index (χ2v) is 4.35. The minimum absolute atomic E-state index is 0. The first-order valence-electron chi connectivity index (χ1n) is 5.63. The van der Waals surface area contributed by atoms with Gasteiger partial charge in [-0.3, -0.25) is 0 Å². The van der Waals surface area contributed by atoms with Crippen LogP contribution in [0.5, 0.6) is 0 Å². The Bertz CT molecular complexity index is 269. The van der Waals surface area contributed by atoms with E-state index in [0.717, 1.165) is 12.5 Å². The van der Waals surface area contributed by atoms with Gasteiger partial charge in [0.15, 0.2) is 0 Å². The van der Waals surface area contributed by atoms with Gasteiger partial charge in [0.25, 0.3) is 0 Å². The summed E-state index contributed by atoms with van der Waals surface area (Å²) in [6.07, 6.45) is 4.27. The van der Waals surface area contributed by atoms with Crippen LogP contribution in [-0.2, 0) is 6.54 Å². The fraction of sp³-hybridized carbons (Fsp3) is 0.538. The van der Waals surface area contributed by atoms with E-state index in [1.807, 2.05) is 0 Å². The Labute approximate surface area is 98.7 Å². The van der Waals surface area contributed by atoms with E-state index in [-0.39, 0.29) is 12.4 Å². The zero-order chi connectivity index (χ0) is 9.80. The van der Waals surface area contributed by atoms with Gasteiger partial charge in [-0.1, -0.05) is 36.8 Å². The molecule has 0 heterocycles. The summed E-state index contributed by atoms with van der Waals surface area (Å²) < 4.78 is 0. The number of halogens is 1. The van der Waals surface area contributed by atoms with Crippen LogP contribution in [0, 0.1) is 5.92 Å². The summed E-state index contributed by atoms with van der Waals surface area (Å²) in [5, 5.41) is 3.60. The molecule has 1 nitrogen and oxygen atoms in total. The first-order valence-corrected chi connectivity index (χ1v) is 5.63. The Balaban J connectivity index is 0.00000112. The maximum Gasteiger partial charge on any atom is 0.0208 e. The fourth-order valence-corrected chi connectivity index (χ4v) is 1.98. The van der Waals surface area contributed by atoms with Gasteiger partial charge in [0, 0.05) is 12.6 Å². The van der Waals surface area contributed by atoms with Crippen molar-refractivity contribution >= 4 is 12.4 Å². The zero-order valence-corrected chi connectivity index (χ0v) is 10.1. The van der Waals surface area contributed by atoms with E-state index in [1.165, 1.54) is 24.8 Å². The Kier molecular flexibility index (Phi) is 5.13. The van der Waals surface area contributed by atoms with E-state index < -0.39 is 0 Å². The van der Waals surface area contributed by atoms with Gasteiger partial charge in [-0.2, -0.15) is 0 Å². The molecule has 2 rings (SSSR count). The van der Waals surface area contributed by atoms with Crippen molar-refractivity contribution in [1.82, 2.24) is 5.32 Å². The highest BCUT2D eigenvalue weighted by Crippen LogP contribution is 2.29. The largest absolute Gasteiger partial charge is 0.310 e. The molecule has 0 aliphatic heterocycles. The summed E-state index contributed by atoms with van der Waals surface area (Å²) in [7, 11) is 0. The zero-order valence-electron chi connectivity index (χ0n) is 9.28. The first-order chi connectivity index (χ1) is 6.86. The van der Waals surface area contributed by atoms with E-state index in [4.69, 9.17) is 0 Å². The topological polar surface area (TPSA) is 12.0 Å². The number of rotatable bonds is 4. The fourth-order valence-electron chi connectivity index (χ4n) is 1.98. The molecule has 1 N–H and O–H groups in total. The summed E-state index contributed by atoms with van der Waals surface area (Å²) in [6.45, 7) is 3.32. The van der Waals surface area contributed by atoms with Crippen molar-refractivity contribution < 1.29 is 0 Å². The monoisotopic (exact) mass is 225 g/mol. The minimum atomic E-state index is 0. The second kappa shape index (κ2) is 6.14. The Morgan fingerprint density at radius 3 is 2.47 bits per heavy atom. The van der Waals surface area contributed by atoms with E-state index >= 15 is 0 Å². The first kappa shape index (κ1) is 12.5. The molecule has 15 heavy (non-hydrogen) atoms. The third-order valence-corrected chi connectivity index (χ3v) is 3.33. The van der Waals surface area contributed by atoms with Crippen LogP contribution in [0.2, 0.25) is 0 Å². The highest BCUT2D eigenvalue weighted by atomic mass is 35.5. The minimum Gasteiger partial charge on any atom is -0.310 e. The van der Waals surface area contributed by atoms with Crippen LogP contribution in [0.25, 0.3) is 0 Å². The molecule has 1 aliphatic rings. The molecule has 0 aromatic heterocycles. The van der Waals surface area contributed by atoms with E-state index in [9.17, 15) is 0 Å². The molecule has 0 spiro atoms. The maximum absolute atomic E-state index is 3.60. The van der Waals surface area contributed by atoms with Crippen molar-refractivity contribution in [2.75, 3.05) is 0 Å². The van der Waals surface area contributed by atoms with Crippen LogP contribution in [0.1, 0.15) is 31.7 Å². The lowest BCUT2D eigenvalue weighted by molar-refractivity contribution is 0.240. The molecule has 0 unspecified atom stereocenters. The van der Waals surface area contributed by atoms with E-state index in [0.29, 0.717) is 6.04 Å². The maximum atomic E-state index is 3.60. The Hall–Kier alpha value is -0.530. The molecule has 84 valence electrons. The number of hydrogen-bond donors (Lipinski definition) is 1. The Morgan fingerprint density at radius 1 is 1.27 bits per heavy atom. The standard InChI is InChI=1S/C13H19N.ClH/c1-11(13-8-5-9-13)14-10-12-6-3-2-4-7-12;/h2-4,6-7,11,13-14H,5,8-10H2,1H3;1H/t11-;/m0./s1. The van der Waals surface area contributed by atoms with Gasteiger partial charge < -0.3 is 5.32 Å². The van der Waals surface area contributed by atoms with Crippen molar-refractivity contribution in [2.24, 2.45) is 5.92 Å². The quantitative estimate of drug-likeness (QED) is 0.829. The molecular formula is C13H20ClN. The molecule has 0 radical (unpaired) electrons. The van der Waals surface area contributed by atoms with Gasteiger partial charge in [-0.25, -0.2) is 0 Å². The normalized spacial score (nSPS) is 17.7. The molecule has 1 aromatic rings. The van der Waals surface area contributed by atoms with Gasteiger partial charge in [0.1, 0.15) is 0 Å². The number of benzene rings is 1. The molecule has 0 amide bonds. The molecule has 1 fully saturated rings. The van der Waals surface area contributed by atoms with Crippen molar-refractivity contribution in [3.05, 3.63) is 35.9 Å². The summed E-state index contributed by atoms with van der Waals surface area (Å²) in [6, 6.07) is 11.3. The number of hydrogen-bond acceptors (Lipinski definition) is 1. The average Bonchev–Trinajstić information content (AvgIpc) is 2.14. The molecule has 0 saturated heterocycles. The highest BCUT2D eigenvalue weighted by molar-refractivity contribution is 5.85. The molecule has 2 heteroatoms. The van der Waals surface area contributed by atoms with E-state index in [1.54, 1.807) is 0 Å². The van der Waals surface area contributed by atoms with Crippen LogP contribution in [0.3, 0.4) is 0 Å². The van der Waals surface area contributed by atoms with Crippen LogP contribution < -0.4 is 5.32 Å². The molecule has 1 atom stereocenters. The van der Waals surface area contributed by atoms with Gasteiger partial charge >= 0.3 is 0 Å². The van der Waals surface area contributed by atoms with Crippen molar-refractivity contribution in [2.45, 2.75) is 38.8 Å². The van der Waals surface area contributed by atoms with Gasteiger partial charge in [0.2, 0.25) is 0 Å². The third kappa shape index (κ3) is 3.51. The van der Waals surface area contributed by atoms with Crippen LogP contribution >= 0.6 is 12.4 Å². The van der Waals surface area contributed by atoms with Gasteiger partial charge in [-0.05, 0) is 31.2 Å². The summed E-state index contributed by atoms with van der Waals surface area (Å²) >= 11 is 0. The molecule has 0 bridgehead atoms. The Morgan fingerprint density at radius 2 is 1.93 bits per heavy atom. The highest BCUT2D eigenvalue weighted by Gasteiger charge is 2.22. The van der Waals surface area contributed by atoms with Crippen LogP contribution in [0.4, 0.5) is 0 Å². The summed E-state index contributed by atoms with van der Waals surface area (Å²) in [5.74, 6) is 0.929. The van der Waals surface area contributed by atoms with E-state index in [2.05, 4.69) is 42.6 Å².